The average molecular weight is 407 g/mol. The summed E-state index contributed by atoms with van der Waals surface area (Å²) in [5.74, 6) is 0. The van der Waals surface area contributed by atoms with Gasteiger partial charge in [0.1, 0.15) is 0 Å². The zero-order valence-electron chi connectivity index (χ0n) is 16.4. The highest BCUT2D eigenvalue weighted by Gasteiger charge is 2.36. The van der Waals surface area contributed by atoms with E-state index in [-0.39, 0.29) is 17.5 Å². The van der Waals surface area contributed by atoms with E-state index in [0.717, 1.165) is 66.6 Å². The molecular formula is C24H26N2O2S. The standard InChI is InChI=1S/C24H26N2O2S/c1-3-9-17(10-4-1)21-22(18-11-5-2-6-12-18)26-24(25-21)29-23(19-13-7-15-27-19)20-14-8-16-28-20/h1-6,9-12,19-20,23H,7-8,13-16H2,(H,25,26). The molecule has 0 saturated carbocycles. The molecule has 150 valence electrons. The van der Waals surface area contributed by atoms with Crippen LogP contribution in [0, 0.1) is 0 Å². The molecule has 5 rings (SSSR count). The summed E-state index contributed by atoms with van der Waals surface area (Å²) in [6.45, 7) is 1.72. The van der Waals surface area contributed by atoms with Crippen molar-refractivity contribution in [2.75, 3.05) is 13.2 Å². The predicted molar refractivity (Wildman–Crippen MR) is 117 cm³/mol. The van der Waals surface area contributed by atoms with Crippen LogP contribution in [-0.2, 0) is 9.47 Å². The van der Waals surface area contributed by atoms with Crippen molar-refractivity contribution in [2.24, 2.45) is 0 Å². The van der Waals surface area contributed by atoms with Crippen LogP contribution in [0.1, 0.15) is 25.7 Å². The summed E-state index contributed by atoms with van der Waals surface area (Å²) in [6.07, 6.45) is 4.97. The molecular weight excluding hydrogens is 380 g/mol. The molecule has 0 amide bonds. The minimum absolute atomic E-state index is 0.244. The third kappa shape index (κ3) is 4.13. The van der Waals surface area contributed by atoms with Gasteiger partial charge in [0, 0.05) is 24.3 Å². The minimum Gasteiger partial charge on any atom is -0.377 e. The van der Waals surface area contributed by atoms with Crippen LogP contribution in [0.3, 0.4) is 0 Å². The maximum Gasteiger partial charge on any atom is 0.166 e. The molecule has 0 aliphatic carbocycles. The van der Waals surface area contributed by atoms with Crippen molar-refractivity contribution in [1.29, 1.82) is 0 Å². The second-order valence-corrected chi connectivity index (χ2v) is 8.85. The maximum atomic E-state index is 6.06. The lowest BCUT2D eigenvalue weighted by atomic mass is 10.1. The molecule has 0 radical (unpaired) electrons. The first-order valence-corrected chi connectivity index (χ1v) is 11.4. The van der Waals surface area contributed by atoms with E-state index in [9.17, 15) is 0 Å². The number of rotatable bonds is 6. The third-order valence-electron chi connectivity index (χ3n) is 5.70. The van der Waals surface area contributed by atoms with Gasteiger partial charge in [0.25, 0.3) is 0 Å². The molecule has 0 bridgehead atoms. The third-order valence-corrected chi connectivity index (χ3v) is 7.00. The Bertz CT molecular complexity index is 844. The SMILES string of the molecule is c1ccc(-c2nc(SC(C3CCCO3)C3CCCO3)[nH]c2-c2ccccc2)cc1. The fraction of sp³-hybridized carbons (Fsp3) is 0.375. The van der Waals surface area contributed by atoms with E-state index in [0.29, 0.717) is 0 Å². The fourth-order valence-electron chi connectivity index (χ4n) is 4.27. The molecule has 2 aromatic carbocycles. The topological polar surface area (TPSA) is 47.1 Å². The number of hydrogen-bond donors (Lipinski definition) is 1. The van der Waals surface area contributed by atoms with Crippen LogP contribution in [0.2, 0.25) is 0 Å². The molecule has 4 nitrogen and oxygen atoms in total. The van der Waals surface area contributed by atoms with Gasteiger partial charge >= 0.3 is 0 Å². The van der Waals surface area contributed by atoms with Crippen molar-refractivity contribution >= 4 is 11.8 Å². The number of imidazole rings is 1. The Balaban J connectivity index is 1.50. The van der Waals surface area contributed by atoms with Gasteiger partial charge in [-0.05, 0) is 25.7 Å². The van der Waals surface area contributed by atoms with E-state index in [4.69, 9.17) is 14.5 Å². The van der Waals surface area contributed by atoms with E-state index in [2.05, 4.69) is 53.5 Å². The number of nitrogens with one attached hydrogen (secondary N) is 1. The average Bonchev–Trinajstić information content (AvgIpc) is 3.55. The molecule has 0 spiro atoms. The van der Waals surface area contributed by atoms with E-state index in [1.807, 2.05) is 12.1 Å². The van der Waals surface area contributed by atoms with Crippen molar-refractivity contribution in [3.63, 3.8) is 0 Å². The van der Waals surface area contributed by atoms with Crippen LogP contribution in [-0.4, -0.2) is 40.6 Å². The number of hydrogen-bond acceptors (Lipinski definition) is 4. The maximum absolute atomic E-state index is 6.06. The zero-order chi connectivity index (χ0) is 19.5. The van der Waals surface area contributed by atoms with Gasteiger partial charge in [-0.1, -0.05) is 72.4 Å². The van der Waals surface area contributed by atoms with Crippen LogP contribution in [0.5, 0.6) is 0 Å². The van der Waals surface area contributed by atoms with Crippen molar-refractivity contribution in [1.82, 2.24) is 9.97 Å². The van der Waals surface area contributed by atoms with Crippen molar-refractivity contribution < 1.29 is 9.47 Å². The molecule has 29 heavy (non-hydrogen) atoms. The van der Waals surface area contributed by atoms with Crippen LogP contribution in [0.25, 0.3) is 22.5 Å². The molecule has 3 heterocycles. The highest BCUT2D eigenvalue weighted by atomic mass is 32.2. The quantitative estimate of drug-likeness (QED) is 0.544. The smallest absolute Gasteiger partial charge is 0.166 e. The summed E-state index contributed by atoms with van der Waals surface area (Å²) >= 11 is 1.79. The lowest BCUT2D eigenvalue weighted by Gasteiger charge is -2.26. The molecule has 1 N–H and O–H groups in total. The number of aromatic amines is 1. The lowest BCUT2D eigenvalue weighted by Crippen LogP contribution is -2.34. The molecule has 2 unspecified atom stereocenters. The normalized spacial score (nSPS) is 22.8. The van der Waals surface area contributed by atoms with Gasteiger partial charge in [0.2, 0.25) is 0 Å². The number of ether oxygens (including phenoxy) is 2. The van der Waals surface area contributed by atoms with Gasteiger partial charge in [0.15, 0.2) is 5.16 Å². The van der Waals surface area contributed by atoms with Crippen LogP contribution >= 0.6 is 11.8 Å². The second kappa shape index (κ2) is 8.74. The van der Waals surface area contributed by atoms with Crippen molar-refractivity contribution in [3.05, 3.63) is 60.7 Å². The molecule has 5 heteroatoms. The Morgan fingerprint density at radius 1 is 0.828 bits per heavy atom. The van der Waals surface area contributed by atoms with Crippen LogP contribution in [0.15, 0.2) is 65.8 Å². The monoisotopic (exact) mass is 406 g/mol. The highest BCUT2D eigenvalue weighted by Crippen LogP contribution is 2.39. The molecule has 1 aromatic heterocycles. The van der Waals surface area contributed by atoms with Crippen LogP contribution in [0.4, 0.5) is 0 Å². The van der Waals surface area contributed by atoms with E-state index >= 15 is 0 Å². The fourth-order valence-corrected chi connectivity index (χ4v) is 5.57. The summed E-state index contributed by atoms with van der Waals surface area (Å²) in [4.78, 5) is 8.65. The number of H-pyrrole nitrogens is 1. The summed E-state index contributed by atoms with van der Waals surface area (Å²) in [5.41, 5.74) is 4.34. The Morgan fingerprint density at radius 2 is 1.41 bits per heavy atom. The van der Waals surface area contributed by atoms with E-state index in [1.165, 1.54) is 0 Å². The first-order valence-electron chi connectivity index (χ1n) is 10.5. The minimum atomic E-state index is 0.244. The Morgan fingerprint density at radius 3 is 1.97 bits per heavy atom. The Hall–Kier alpha value is -2.08. The summed E-state index contributed by atoms with van der Waals surface area (Å²) in [6, 6.07) is 20.8. The van der Waals surface area contributed by atoms with Gasteiger partial charge in [-0.3, -0.25) is 0 Å². The number of nitrogens with zero attached hydrogens (tertiary/aromatic N) is 1. The van der Waals surface area contributed by atoms with E-state index < -0.39 is 0 Å². The van der Waals surface area contributed by atoms with Gasteiger partial charge in [-0.15, -0.1) is 0 Å². The molecule has 2 saturated heterocycles. The largest absolute Gasteiger partial charge is 0.377 e. The number of benzene rings is 2. The van der Waals surface area contributed by atoms with Gasteiger partial charge < -0.3 is 14.5 Å². The van der Waals surface area contributed by atoms with Gasteiger partial charge in [0.05, 0.1) is 28.8 Å². The van der Waals surface area contributed by atoms with E-state index in [1.54, 1.807) is 11.8 Å². The van der Waals surface area contributed by atoms with Gasteiger partial charge in [-0.25, -0.2) is 4.98 Å². The molecule has 2 atom stereocenters. The number of thioether (sulfide) groups is 1. The Kier molecular flexibility index (Phi) is 5.70. The summed E-state index contributed by atoms with van der Waals surface area (Å²) in [5, 5.41) is 1.22. The lowest BCUT2D eigenvalue weighted by molar-refractivity contribution is 0.0432. The zero-order valence-corrected chi connectivity index (χ0v) is 17.2. The predicted octanol–water partition coefficient (Wildman–Crippen LogP) is 5.56. The summed E-state index contributed by atoms with van der Waals surface area (Å²) in [7, 11) is 0. The van der Waals surface area contributed by atoms with Crippen molar-refractivity contribution in [3.8, 4) is 22.5 Å². The Labute approximate surface area is 176 Å². The van der Waals surface area contributed by atoms with Crippen LogP contribution < -0.4 is 0 Å². The van der Waals surface area contributed by atoms with Gasteiger partial charge in [-0.2, -0.15) is 0 Å². The highest BCUT2D eigenvalue weighted by molar-refractivity contribution is 7.99. The second-order valence-electron chi connectivity index (χ2n) is 7.68. The number of aromatic nitrogens is 2. The first-order chi connectivity index (χ1) is 14.4. The summed E-state index contributed by atoms with van der Waals surface area (Å²) < 4.78 is 12.1. The first kappa shape index (κ1) is 18.9. The molecule has 3 aromatic rings. The van der Waals surface area contributed by atoms with Crippen molar-refractivity contribution in [2.45, 2.75) is 48.3 Å². The molecule has 2 aliphatic heterocycles. The molecule has 2 fully saturated rings. The molecule has 2 aliphatic rings.